The number of hydrogen-bond donors (Lipinski definition) is 2. The first-order valence-electron chi connectivity index (χ1n) is 11.4. The van der Waals surface area contributed by atoms with Gasteiger partial charge in [0.25, 0.3) is 23.5 Å². The van der Waals surface area contributed by atoms with Crippen LogP contribution in [0, 0.1) is 0 Å². The Bertz CT molecular complexity index is 1670. The van der Waals surface area contributed by atoms with Crippen LogP contribution in [-0.2, 0) is 12.5 Å². The molecule has 4 rings (SSSR count). The van der Waals surface area contributed by atoms with E-state index in [1.807, 2.05) is 0 Å². The van der Waals surface area contributed by atoms with Gasteiger partial charge < -0.3 is 9.84 Å². The highest BCUT2D eigenvalue weighted by atomic mass is 35.5. The molecule has 4 aromatic rings. The maximum Gasteiger partial charge on any atom is 0.297 e. The van der Waals surface area contributed by atoms with E-state index in [1.165, 1.54) is 24.3 Å². The first kappa shape index (κ1) is 28.6. The number of carbonyl (C=O) groups is 1. The van der Waals surface area contributed by atoms with Crippen LogP contribution < -0.4 is 15.9 Å². The fraction of sp³-hybridized carbons (Fsp3) is 0.192. The fourth-order valence-electron chi connectivity index (χ4n) is 3.72. The van der Waals surface area contributed by atoms with Crippen molar-refractivity contribution in [2.24, 2.45) is 0 Å². The summed E-state index contributed by atoms with van der Waals surface area (Å²) in [5.74, 6) is -6.09. The summed E-state index contributed by atoms with van der Waals surface area (Å²) in [7, 11) is 0. The van der Waals surface area contributed by atoms with Gasteiger partial charge in [-0.2, -0.15) is 13.9 Å². The molecule has 2 heterocycles. The number of aromatic nitrogens is 4. The maximum absolute atomic E-state index is 14.4. The van der Waals surface area contributed by atoms with E-state index in [0.717, 1.165) is 35.2 Å². The van der Waals surface area contributed by atoms with E-state index in [4.69, 9.17) is 16.3 Å². The summed E-state index contributed by atoms with van der Waals surface area (Å²) in [6.45, 7) is -0.0233. The molecule has 40 heavy (non-hydrogen) atoms. The van der Waals surface area contributed by atoms with Gasteiger partial charge in [-0.1, -0.05) is 41.9 Å². The third-order valence-electron chi connectivity index (χ3n) is 5.65. The summed E-state index contributed by atoms with van der Waals surface area (Å²) in [5, 5.41) is 16.1. The molecule has 0 bridgehead atoms. The van der Waals surface area contributed by atoms with Gasteiger partial charge in [-0.3, -0.25) is 19.0 Å². The quantitative estimate of drug-likeness (QED) is 0.216. The van der Waals surface area contributed by atoms with Gasteiger partial charge in [0.05, 0.1) is 12.9 Å². The van der Waals surface area contributed by atoms with E-state index in [1.54, 1.807) is 6.07 Å². The van der Waals surface area contributed by atoms with Crippen molar-refractivity contribution in [1.82, 2.24) is 19.7 Å². The number of rotatable bonds is 9. The molecule has 1 atom stereocenters. The lowest BCUT2D eigenvalue weighted by atomic mass is 9.98. The number of aromatic amines is 1. The fourth-order valence-corrected chi connectivity index (χ4v) is 3.90. The Hall–Kier alpha value is -4.36. The molecule has 9 nitrogen and oxygen atoms in total. The molecule has 1 unspecified atom stereocenters. The smallest absolute Gasteiger partial charge is 0.297 e. The molecule has 0 saturated carbocycles. The standard InChI is InChI=1S/C26H19ClF4N4O5/c1-26(30,31)22-21(25(39)35(12-32-22)11-16-10-18(27)33-34-24(16)38)40-17-8-14(7-15(9-17)23(28)29)20(37)19(36)13-5-3-2-4-6-13/h2-10,12,20,23,37H,11H2,1H3,(H,34,38). The Labute approximate surface area is 227 Å². The summed E-state index contributed by atoms with van der Waals surface area (Å²) in [4.78, 5) is 41.6. The predicted octanol–water partition coefficient (Wildman–Crippen LogP) is 4.79. The minimum absolute atomic E-state index is 0.0598. The number of hydrogen-bond acceptors (Lipinski definition) is 7. The summed E-state index contributed by atoms with van der Waals surface area (Å²) >= 11 is 5.77. The highest BCUT2D eigenvalue weighted by molar-refractivity contribution is 6.29. The van der Waals surface area contributed by atoms with E-state index < -0.39 is 64.7 Å². The molecule has 0 aliphatic heterocycles. The minimum atomic E-state index is -3.71. The van der Waals surface area contributed by atoms with Crippen molar-refractivity contribution in [2.45, 2.75) is 31.9 Å². The van der Waals surface area contributed by atoms with Crippen molar-refractivity contribution in [2.75, 3.05) is 0 Å². The van der Waals surface area contributed by atoms with Crippen LogP contribution in [0.2, 0.25) is 5.15 Å². The zero-order valence-corrected chi connectivity index (χ0v) is 21.2. The zero-order valence-electron chi connectivity index (χ0n) is 20.4. The van der Waals surface area contributed by atoms with Gasteiger partial charge in [0.1, 0.15) is 17.0 Å². The normalized spacial score (nSPS) is 12.4. The molecule has 2 N–H and O–H groups in total. The van der Waals surface area contributed by atoms with Gasteiger partial charge >= 0.3 is 0 Å². The van der Waals surface area contributed by atoms with Gasteiger partial charge in [0, 0.05) is 23.6 Å². The number of nitrogens with zero attached hydrogens (tertiary/aromatic N) is 3. The maximum atomic E-state index is 14.4. The van der Waals surface area contributed by atoms with Gasteiger partial charge in [0.2, 0.25) is 5.75 Å². The number of H-pyrrole nitrogens is 1. The molecule has 0 saturated heterocycles. The van der Waals surface area contributed by atoms with Crippen LogP contribution in [-0.4, -0.2) is 30.6 Å². The minimum Gasteiger partial charge on any atom is -0.449 e. The van der Waals surface area contributed by atoms with Crippen molar-refractivity contribution in [3.63, 3.8) is 0 Å². The highest BCUT2D eigenvalue weighted by Gasteiger charge is 2.34. The second-order valence-electron chi connectivity index (χ2n) is 8.66. The zero-order chi connectivity index (χ0) is 29.2. The van der Waals surface area contributed by atoms with Crippen LogP contribution in [0.5, 0.6) is 11.5 Å². The Balaban J connectivity index is 1.79. The van der Waals surface area contributed by atoms with Crippen molar-refractivity contribution in [3.8, 4) is 11.5 Å². The Morgan fingerprint density at radius 1 is 1.12 bits per heavy atom. The molecule has 0 amide bonds. The first-order valence-corrected chi connectivity index (χ1v) is 11.8. The molecule has 0 radical (unpaired) electrons. The van der Waals surface area contributed by atoms with Crippen molar-refractivity contribution in [1.29, 1.82) is 0 Å². The second-order valence-corrected chi connectivity index (χ2v) is 9.05. The number of aliphatic hydroxyl groups excluding tert-OH is 1. The molecular formula is C26H19ClF4N4O5. The number of Topliss-reactive ketones (excluding diaryl/α,β-unsaturated/α-hetero) is 1. The highest BCUT2D eigenvalue weighted by Crippen LogP contribution is 2.35. The van der Waals surface area contributed by atoms with Crippen molar-refractivity contribution in [3.05, 3.63) is 115 Å². The second kappa shape index (κ2) is 11.4. The summed E-state index contributed by atoms with van der Waals surface area (Å²) < 4.78 is 62.4. The van der Waals surface area contributed by atoms with Gasteiger partial charge in [-0.15, -0.1) is 0 Å². The van der Waals surface area contributed by atoms with E-state index in [9.17, 15) is 37.1 Å². The number of ether oxygens (including phenoxy) is 1. The lowest BCUT2D eigenvalue weighted by Crippen LogP contribution is -2.29. The number of aliphatic hydroxyl groups is 1. The van der Waals surface area contributed by atoms with Crippen LogP contribution in [0.3, 0.4) is 0 Å². The molecule has 14 heteroatoms. The van der Waals surface area contributed by atoms with Crippen LogP contribution in [0.25, 0.3) is 0 Å². The molecule has 0 fully saturated rings. The van der Waals surface area contributed by atoms with E-state index in [-0.39, 0.29) is 21.8 Å². The van der Waals surface area contributed by atoms with Gasteiger partial charge in [0.15, 0.2) is 11.5 Å². The average molecular weight is 579 g/mol. The number of nitrogens with one attached hydrogen (secondary N) is 1. The molecular weight excluding hydrogens is 560 g/mol. The van der Waals surface area contributed by atoms with Gasteiger partial charge in [-0.25, -0.2) is 18.9 Å². The third-order valence-corrected chi connectivity index (χ3v) is 5.84. The third kappa shape index (κ3) is 6.26. The number of carbonyl (C=O) groups excluding carboxylic acids is 1. The molecule has 0 aliphatic carbocycles. The molecule has 2 aromatic carbocycles. The van der Waals surface area contributed by atoms with Crippen LogP contribution in [0.15, 0.2) is 70.5 Å². The first-order chi connectivity index (χ1) is 18.8. The van der Waals surface area contributed by atoms with Crippen LogP contribution >= 0.6 is 11.6 Å². The summed E-state index contributed by atoms with van der Waals surface area (Å²) in [5.41, 5.74) is -4.00. The van der Waals surface area contributed by atoms with Crippen LogP contribution in [0.1, 0.15) is 52.2 Å². The Morgan fingerprint density at radius 3 is 2.45 bits per heavy atom. The Morgan fingerprint density at radius 2 is 1.80 bits per heavy atom. The Kier molecular flexibility index (Phi) is 8.16. The van der Waals surface area contributed by atoms with Crippen molar-refractivity contribution >= 4 is 17.4 Å². The SMILES string of the molecule is CC(F)(F)c1ncn(Cc2cc(Cl)n[nH]c2=O)c(=O)c1Oc1cc(C(F)F)cc(C(O)C(=O)c2ccccc2)c1. The van der Waals surface area contributed by atoms with Crippen LogP contribution in [0.4, 0.5) is 17.6 Å². The molecule has 208 valence electrons. The van der Waals surface area contributed by atoms with E-state index in [0.29, 0.717) is 6.92 Å². The molecule has 2 aromatic heterocycles. The van der Waals surface area contributed by atoms with E-state index >= 15 is 0 Å². The molecule has 0 spiro atoms. The average Bonchev–Trinajstić information content (AvgIpc) is 2.91. The van der Waals surface area contributed by atoms with Crippen molar-refractivity contribution < 1.29 is 32.2 Å². The number of benzene rings is 2. The lowest BCUT2D eigenvalue weighted by molar-refractivity contribution is 0.0101. The van der Waals surface area contributed by atoms with E-state index in [2.05, 4.69) is 15.2 Å². The molecule has 0 aliphatic rings. The number of ketones is 1. The van der Waals surface area contributed by atoms with Gasteiger partial charge in [-0.05, 0) is 29.8 Å². The summed E-state index contributed by atoms with van der Waals surface area (Å²) in [6, 6.07) is 11.3. The number of halogens is 5. The lowest BCUT2D eigenvalue weighted by Gasteiger charge is -2.18. The predicted molar refractivity (Wildman–Crippen MR) is 134 cm³/mol. The number of alkyl halides is 4. The largest absolute Gasteiger partial charge is 0.449 e. The topological polar surface area (TPSA) is 127 Å². The summed E-state index contributed by atoms with van der Waals surface area (Å²) in [6.07, 6.45) is -4.26. The monoisotopic (exact) mass is 578 g/mol.